The Balaban J connectivity index is 2.23. The maximum absolute atomic E-state index is 5.94. The van der Waals surface area contributed by atoms with Gasteiger partial charge in [-0.25, -0.2) is 4.98 Å². The van der Waals surface area contributed by atoms with Gasteiger partial charge in [0.1, 0.15) is 5.82 Å². The number of nitrogens with one attached hydrogen (secondary N) is 1. The van der Waals surface area contributed by atoms with E-state index in [-0.39, 0.29) is 0 Å². The van der Waals surface area contributed by atoms with Crippen LogP contribution < -0.4 is 0 Å². The first-order chi connectivity index (χ1) is 7.70. The second-order valence-electron chi connectivity index (χ2n) is 3.92. The van der Waals surface area contributed by atoms with E-state index in [1.807, 2.05) is 6.07 Å². The number of nitrogens with zero attached hydrogens (tertiary/aromatic N) is 1. The number of rotatable bonds is 4. The number of imidazole rings is 1. The number of H-pyrrole nitrogens is 1. The number of aromatic nitrogens is 2. The summed E-state index contributed by atoms with van der Waals surface area (Å²) in [7, 11) is 0. The Morgan fingerprint density at radius 3 is 2.69 bits per heavy atom. The van der Waals surface area contributed by atoms with Gasteiger partial charge in [0, 0.05) is 6.42 Å². The maximum atomic E-state index is 5.94. The average molecular weight is 257 g/mol. The van der Waals surface area contributed by atoms with Gasteiger partial charge < -0.3 is 4.98 Å². The van der Waals surface area contributed by atoms with Crippen molar-refractivity contribution in [1.82, 2.24) is 9.97 Å². The molecule has 0 bridgehead atoms. The molecule has 0 saturated carbocycles. The van der Waals surface area contributed by atoms with Crippen LogP contribution in [-0.2, 0) is 6.42 Å². The third kappa shape index (κ3) is 2.50. The van der Waals surface area contributed by atoms with Gasteiger partial charge in [-0.15, -0.1) is 0 Å². The minimum Gasteiger partial charge on any atom is -0.342 e. The van der Waals surface area contributed by atoms with Crippen LogP contribution in [0.5, 0.6) is 0 Å². The maximum Gasteiger partial charge on any atom is 0.107 e. The summed E-state index contributed by atoms with van der Waals surface area (Å²) in [5.41, 5.74) is 1.85. The quantitative estimate of drug-likeness (QED) is 0.796. The Hall–Kier alpha value is -0.730. The molecule has 0 saturated heterocycles. The molecule has 0 spiro atoms. The molecule has 0 atom stereocenters. The van der Waals surface area contributed by atoms with Crippen LogP contribution in [0.25, 0.3) is 11.0 Å². The molecule has 0 aliphatic rings. The molecule has 0 radical (unpaired) electrons. The highest BCUT2D eigenvalue weighted by atomic mass is 35.5. The predicted octanol–water partition coefficient (Wildman–Crippen LogP) is 4.60. The second-order valence-corrected chi connectivity index (χ2v) is 4.74. The topological polar surface area (TPSA) is 28.7 Å². The number of benzene rings is 1. The lowest BCUT2D eigenvalue weighted by Gasteiger charge is -1.93. The monoisotopic (exact) mass is 256 g/mol. The standard InChI is InChI=1S/C12H14Cl2N2/c1-2-3-4-5-12-15-10-6-8(13)9(14)7-11(10)16-12/h6-7H,2-5H2,1H3,(H,15,16). The lowest BCUT2D eigenvalue weighted by atomic mass is 10.2. The van der Waals surface area contributed by atoms with Crippen LogP contribution >= 0.6 is 23.2 Å². The van der Waals surface area contributed by atoms with Crippen molar-refractivity contribution in [2.45, 2.75) is 32.6 Å². The van der Waals surface area contributed by atoms with Crippen molar-refractivity contribution < 1.29 is 0 Å². The Morgan fingerprint density at radius 2 is 1.94 bits per heavy atom. The molecule has 16 heavy (non-hydrogen) atoms. The molecule has 0 amide bonds. The first-order valence-corrected chi connectivity index (χ1v) is 6.30. The zero-order valence-electron chi connectivity index (χ0n) is 9.19. The number of halogens is 2. The summed E-state index contributed by atoms with van der Waals surface area (Å²) in [5.74, 6) is 1.02. The average Bonchev–Trinajstić information content (AvgIpc) is 2.61. The number of unbranched alkanes of at least 4 members (excludes halogenated alkanes) is 2. The molecule has 0 fully saturated rings. The molecule has 4 heteroatoms. The van der Waals surface area contributed by atoms with E-state index in [2.05, 4.69) is 16.9 Å². The van der Waals surface area contributed by atoms with Crippen LogP contribution in [0.3, 0.4) is 0 Å². The van der Waals surface area contributed by atoms with Crippen molar-refractivity contribution in [3.05, 3.63) is 28.0 Å². The Kier molecular flexibility index (Phi) is 3.72. The van der Waals surface area contributed by atoms with Crippen LogP contribution in [-0.4, -0.2) is 9.97 Å². The molecule has 2 aromatic rings. The van der Waals surface area contributed by atoms with Gasteiger partial charge in [-0.2, -0.15) is 0 Å². The molecule has 86 valence electrons. The second kappa shape index (κ2) is 5.07. The smallest absolute Gasteiger partial charge is 0.107 e. The summed E-state index contributed by atoms with van der Waals surface area (Å²) in [6.45, 7) is 2.19. The Bertz CT molecular complexity index is 452. The van der Waals surface area contributed by atoms with Gasteiger partial charge in [-0.3, -0.25) is 0 Å². The van der Waals surface area contributed by atoms with Crippen LogP contribution in [0.4, 0.5) is 0 Å². The SMILES string of the molecule is CCCCCc1nc2cc(Cl)c(Cl)cc2[nH]1. The molecule has 1 N–H and O–H groups in total. The van der Waals surface area contributed by atoms with Crippen molar-refractivity contribution >= 4 is 34.2 Å². The van der Waals surface area contributed by atoms with Gasteiger partial charge in [0.2, 0.25) is 0 Å². The zero-order chi connectivity index (χ0) is 11.5. The van der Waals surface area contributed by atoms with E-state index in [4.69, 9.17) is 23.2 Å². The third-order valence-electron chi connectivity index (χ3n) is 2.59. The van der Waals surface area contributed by atoms with Crippen molar-refractivity contribution in [3.8, 4) is 0 Å². The minimum atomic E-state index is 0.556. The van der Waals surface area contributed by atoms with Crippen molar-refractivity contribution in [2.75, 3.05) is 0 Å². The number of fused-ring (bicyclic) bond motifs is 1. The first kappa shape index (κ1) is 11.7. The summed E-state index contributed by atoms with van der Waals surface area (Å²) < 4.78 is 0. The van der Waals surface area contributed by atoms with Crippen molar-refractivity contribution in [2.24, 2.45) is 0 Å². The third-order valence-corrected chi connectivity index (χ3v) is 3.31. The molecule has 1 aromatic carbocycles. The fourth-order valence-corrected chi connectivity index (χ4v) is 2.04. The molecule has 2 nitrogen and oxygen atoms in total. The van der Waals surface area contributed by atoms with Crippen LogP contribution in [0.15, 0.2) is 12.1 Å². The highest BCUT2D eigenvalue weighted by molar-refractivity contribution is 6.42. The van der Waals surface area contributed by atoms with Gasteiger partial charge in [-0.05, 0) is 18.6 Å². The lowest BCUT2D eigenvalue weighted by molar-refractivity contribution is 0.700. The molecular formula is C12H14Cl2N2. The fourth-order valence-electron chi connectivity index (χ4n) is 1.72. The fraction of sp³-hybridized carbons (Fsp3) is 0.417. The summed E-state index contributed by atoms with van der Waals surface area (Å²) in [4.78, 5) is 7.76. The van der Waals surface area contributed by atoms with Gasteiger partial charge in [0.15, 0.2) is 0 Å². The molecular weight excluding hydrogens is 243 g/mol. The van der Waals surface area contributed by atoms with E-state index in [1.165, 1.54) is 12.8 Å². The van der Waals surface area contributed by atoms with E-state index in [0.29, 0.717) is 10.0 Å². The van der Waals surface area contributed by atoms with E-state index in [0.717, 1.165) is 29.7 Å². The van der Waals surface area contributed by atoms with E-state index < -0.39 is 0 Å². The first-order valence-electron chi connectivity index (χ1n) is 5.54. The van der Waals surface area contributed by atoms with Gasteiger partial charge in [-0.1, -0.05) is 43.0 Å². The largest absolute Gasteiger partial charge is 0.342 e. The van der Waals surface area contributed by atoms with Gasteiger partial charge >= 0.3 is 0 Å². The van der Waals surface area contributed by atoms with Gasteiger partial charge in [0.25, 0.3) is 0 Å². The summed E-state index contributed by atoms with van der Waals surface area (Å²) in [5, 5.41) is 1.12. The van der Waals surface area contributed by atoms with Crippen molar-refractivity contribution in [1.29, 1.82) is 0 Å². The highest BCUT2D eigenvalue weighted by Gasteiger charge is 2.06. The van der Waals surface area contributed by atoms with Crippen LogP contribution in [0.1, 0.15) is 32.0 Å². The summed E-state index contributed by atoms with van der Waals surface area (Å²) >= 11 is 11.9. The lowest BCUT2D eigenvalue weighted by Crippen LogP contribution is -1.87. The highest BCUT2D eigenvalue weighted by Crippen LogP contribution is 2.26. The molecule has 1 aromatic heterocycles. The molecule has 0 aliphatic heterocycles. The van der Waals surface area contributed by atoms with E-state index in [1.54, 1.807) is 6.07 Å². The summed E-state index contributed by atoms with van der Waals surface area (Å²) in [6.07, 6.45) is 4.60. The van der Waals surface area contributed by atoms with E-state index in [9.17, 15) is 0 Å². The zero-order valence-corrected chi connectivity index (χ0v) is 10.7. The van der Waals surface area contributed by atoms with Crippen LogP contribution in [0.2, 0.25) is 10.0 Å². The number of hydrogen-bond donors (Lipinski definition) is 1. The Morgan fingerprint density at radius 1 is 1.19 bits per heavy atom. The Labute approximate surface area is 105 Å². The van der Waals surface area contributed by atoms with Crippen molar-refractivity contribution in [3.63, 3.8) is 0 Å². The number of aromatic amines is 1. The molecule has 0 aliphatic carbocycles. The minimum absolute atomic E-state index is 0.556. The van der Waals surface area contributed by atoms with Crippen LogP contribution in [0, 0.1) is 0 Å². The molecule has 0 unspecified atom stereocenters. The number of hydrogen-bond acceptors (Lipinski definition) is 1. The van der Waals surface area contributed by atoms with E-state index >= 15 is 0 Å². The van der Waals surface area contributed by atoms with Gasteiger partial charge in [0.05, 0.1) is 21.1 Å². The predicted molar refractivity (Wildman–Crippen MR) is 69.3 cm³/mol. The summed E-state index contributed by atoms with van der Waals surface area (Å²) in [6, 6.07) is 3.63. The molecule has 2 rings (SSSR count). The normalized spacial score (nSPS) is 11.2. The number of aryl methyl sites for hydroxylation is 1. The molecule has 1 heterocycles.